The Hall–Kier alpha value is -1.57. The molecule has 0 aromatic heterocycles. The molecule has 0 amide bonds. The highest BCUT2D eigenvalue weighted by Gasteiger charge is 2.04. The van der Waals surface area contributed by atoms with Crippen LogP contribution in [-0.2, 0) is 11.2 Å². The molecule has 0 aliphatic carbocycles. The van der Waals surface area contributed by atoms with Crippen LogP contribution in [0.15, 0.2) is 35.9 Å². The normalized spacial score (nSPS) is 9.53. The Labute approximate surface area is 90.6 Å². The van der Waals surface area contributed by atoms with Gasteiger partial charge in [-0.05, 0) is 31.9 Å². The SMILES string of the molecule is CCc1ccccc1OC(=O)C=C(C)C. The number of hydrogen-bond acceptors (Lipinski definition) is 2. The molecule has 0 saturated carbocycles. The summed E-state index contributed by atoms with van der Waals surface area (Å²) >= 11 is 0. The van der Waals surface area contributed by atoms with Crippen LogP contribution in [0.1, 0.15) is 26.3 Å². The molecule has 2 heteroatoms. The number of aryl methyl sites for hydroxylation is 1. The molecule has 0 heterocycles. The number of ether oxygens (including phenoxy) is 1. The summed E-state index contributed by atoms with van der Waals surface area (Å²) in [6.07, 6.45) is 2.35. The Morgan fingerprint density at radius 3 is 2.60 bits per heavy atom. The van der Waals surface area contributed by atoms with Crippen molar-refractivity contribution in [1.29, 1.82) is 0 Å². The molecular formula is C13H16O2. The predicted molar refractivity (Wildman–Crippen MR) is 60.9 cm³/mol. The first-order valence-corrected chi connectivity index (χ1v) is 5.08. The van der Waals surface area contributed by atoms with Crippen LogP contribution >= 0.6 is 0 Å². The summed E-state index contributed by atoms with van der Waals surface area (Å²) < 4.78 is 5.23. The lowest BCUT2D eigenvalue weighted by atomic mass is 10.1. The van der Waals surface area contributed by atoms with Crippen LogP contribution < -0.4 is 4.74 Å². The van der Waals surface area contributed by atoms with Gasteiger partial charge in [0.25, 0.3) is 0 Å². The van der Waals surface area contributed by atoms with E-state index >= 15 is 0 Å². The lowest BCUT2D eigenvalue weighted by Crippen LogP contribution is -2.06. The third kappa shape index (κ3) is 3.58. The maximum Gasteiger partial charge on any atom is 0.336 e. The summed E-state index contributed by atoms with van der Waals surface area (Å²) in [6.45, 7) is 5.77. The van der Waals surface area contributed by atoms with Crippen molar-refractivity contribution in [3.63, 3.8) is 0 Å². The molecule has 0 bridgehead atoms. The number of carbonyl (C=O) groups is 1. The van der Waals surface area contributed by atoms with E-state index < -0.39 is 0 Å². The minimum Gasteiger partial charge on any atom is -0.423 e. The van der Waals surface area contributed by atoms with Gasteiger partial charge in [-0.15, -0.1) is 0 Å². The minimum absolute atomic E-state index is 0.309. The van der Waals surface area contributed by atoms with Gasteiger partial charge in [-0.25, -0.2) is 4.79 Å². The number of para-hydroxylation sites is 1. The smallest absolute Gasteiger partial charge is 0.336 e. The van der Waals surface area contributed by atoms with Gasteiger partial charge < -0.3 is 4.74 Å². The number of esters is 1. The van der Waals surface area contributed by atoms with E-state index in [-0.39, 0.29) is 5.97 Å². The Morgan fingerprint density at radius 1 is 1.33 bits per heavy atom. The summed E-state index contributed by atoms with van der Waals surface area (Å²) in [5, 5.41) is 0. The van der Waals surface area contributed by atoms with Crippen LogP contribution in [0.25, 0.3) is 0 Å². The van der Waals surface area contributed by atoms with Gasteiger partial charge >= 0.3 is 5.97 Å². The molecular weight excluding hydrogens is 188 g/mol. The van der Waals surface area contributed by atoms with Crippen molar-refractivity contribution in [3.05, 3.63) is 41.5 Å². The summed E-state index contributed by atoms with van der Waals surface area (Å²) in [4.78, 5) is 11.4. The molecule has 1 aromatic rings. The van der Waals surface area contributed by atoms with E-state index in [0.717, 1.165) is 17.6 Å². The Balaban J connectivity index is 2.80. The molecule has 0 saturated heterocycles. The second-order valence-electron chi connectivity index (χ2n) is 3.60. The zero-order valence-electron chi connectivity index (χ0n) is 9.41. The van der Waals surface area contributed by atoms with Crippen LogP contribution in [0, 0.1) is 0 Å². The highest BCUT2D eigenvalue weighted by molar-refractivity contribution is 5.84. The zero-order chi connectivity index (χ0) is 11.3. The highest BCUT2D eigenvalue weighted by atomic mass is 16.5. The monoisotopic (exact) mass is 204 g/mol. The molecule has 0 spiro atoms. The van der Waals surface area contributed by atoms with Crippen LogP contribution in [0.3, 0.4) is 0 Å². The summed E-state index contributed by atoms with van der Waals surface area (Å²) in [6, 6.07) is 7.59. The first kappa shape index (κ1) is 11.5. The number of hydrogen-bond donors (Lipinski definition) is 0. The molecule has 80 valence electrons. The number of benzene rings is 1. The van der Waals surface area contributed by atoms with Gasteiger partial charge in [0, 0.05) is 6.08 Å². The topological polar surface area (TPSA) is 26.3 Å². The average molecular weight is 204 g/mol. The molecule has 0 radical (unpaired) electrons. The fourth-order valence-corrected chi connectivity index (χ4v) is 1.27. The van der Waals surface area contributed by atoms with Gasteiger partial charge in [0.15, 0.2) is 0 Å². The molecule has 1 aromatic carbocycles. The lowest BCUT2D eigenvalue weighted by Gasteiger charge is -2.06. The minimum atomic E-state index is -0.309. The molecule has 15 heavy (non-hydrogen) atoms. The van der Waals surface area contributed by atoms with Crippen LogP contribution in [0.4, 0.5) is 0 Å². The van der Waals surface area contributed by atoms with E-state index in [4.69, 9.17) is 4.74 Å². The molecule has 1 rings (SSSR count). The van der Waals surface area contributed by atoms with E-state index in [1.54, 1.807) is 0 Å². The van der Waals surface area contributed by atoms with Gasteiger partial charge in [-0.3, -0.25) is 0 Å². The second kappa shape index (κ2) is 5.35. The Morgan fingerprint density at radius 2 is 2.00 bits per heavy atom. The van der Waals surface area contributed by atoms with E-state index in [1.165, 1.54) is 6.08 Å². The standard InChI is InChI=1S/C13H16O2/c1-4-11-7-5-6-8-12(11)15-13(14)9-10(2)3/h5-9H,4H2,1-3H3. The third-order valence-corrected chi connectivity index (χ3v) is 1.97. The maximum atomic E-state index is 11.4. The van der Waals surface area contributed by atoms with Gasteiger partial charge in [-0.1, -0.05) is 30.7 Å². The van der Waals surface area contributed by atoms with E-state index in [0.29, 0.717) is 5.75 Å². The first-order valence-electron chi connectivity index (χ1n) is 5.08. The van der Waals surface area contributed by atoms with Crippen molar-refractivity contribution >= 4 is 5.97 Å². The van der Waals surface area contributed by atoms with E-state index in [2.05, 4.69) is 0 Å². The van der Waals surface area contributed by atoms with Crippen molar-refractivity contribution in [3.8, 4) is 5.75 Å². The first-order chi connectivity index (χ1) is 7.13. The summed E-state index contributed by atoms with van der Waals surface area (Å²) in [5.74, 6) is 0.346. The van der Waals surface area contributed by atoms with Crippen molar-refractivity contribution in [1.82, 2.24) is 0 Å². The molecule has 0 aliphatic heterocycles. The van der Waals surface area contributed by atoms with Crippen LogP contribution in [0.2, 0.25) is 0 Å². The molecule has 0 fully saturated rings. The van der Waals surface area contributed by atoms with Gasteiger partial charge in [-0.2, -0.15) is 0 Å². The Kier molecular flexibility index (Phi) is 4.10. The van der Waals surface area contributed by atoms with Crippen LogP contribution in [0.5, 0.6) is 5.75 Å². The number of allylic oxidation sites excluding steroid dienone is 1. The van der Waals surface area contributed by atoms with E-state index in [9.17, 15) is 4.79 Å². The molecule has 0 atom stereocenters. The van der Waals surface area contributed by atoms with Gasteiger partial charge in [0.05, 0.1) is 0 Å². The Bertz CT molecular complexity index is 374. The van der Waals surface area contributed by atoms with Gasteiger partial charge in [0.1, 0.15) is 5.75 Å². The molecule has 2 nitrogen and oxygen atoms in total. The van der Waals surface area contributed by atoms with Crippen molar-refractivity contribution in [2.45, 2.75) is 27.2 Å². The number of carbonyl (C=O) groups excluding carboxylic acids is 1. The fourth-order valence-electron chi connectivity index (χ4n) is 1.27. The summed E-state index contributed by atoms with van der Waals surface area (Å²) in [7, 11) is 0. The summed E-state index contributed by atoms with van der Waals surface area (Å²) in [5.41, 5.74) is 1.99. The number of rotatable bonds is 3. The largest absolute Gasteiger partial charge is 0.423 e. The molecule has 0 unspecified atom stereocenters. The third-order valence-electron chi connectivity index (χ3n) is 1.97. The van der Waals surface area contributed by atoms with Gasteiger partial charge in [0.2, 0.25) is 0 Å². The van der Waals surface area contributed by atoms with Crippen LogP contribution in [-0.4, -0.2) is 5.97 Å². The lowest BCUT2D eigenvalue weighted by molar-refractivity contribution is -0.129. The highest BCUT2D eigenvalue weighted by Crippen LogP contribution is 2.18. The molecule has 0 aliphatic rings. The van der Waals surface area contributed by atoms with Crippen molar-refractivity contribution in [2.24, 2.45) is 0 Å². The van der Waals surface area contributed by atoms with Crippen molar-refractivity contribution in [2.75, 3.05) is 0 Å². The fraction of sp³-hybridized carbons (Fsp3) is 0.308. The van der Waals surface area contributed by atoms with Crippen molar-refractivity contribution < 1.29 is 9.53 Å². The maximum absolute atomic E-state index is 11.4. The zero-order valence-corrected chi connectivity index (χ0v) is 9.41. The predicted octanol–water partition coefficient (Wildman–Crippen LogP) is 3.12. The average Bonchev–Trinajstić information content (AvgIpc) is 2.17. The van der Waals surface area contributed by atoms with E-state index in [1.807, 2.05) is 45.0 Å². The molecule has 0 N–H and O–H groups in total. The quantitative estimate of drug-likeness (QED) is 0.429. The second-order valence-corrected chi connectivity index (χ2v) is 3.60.